The van der Waals surface area contributed by atoms with Crippen LogP contribution in [-0.2, 0) is 6.54 Å². The zero-order chi connectivity index (χ0) is 17.9. The molecule has 0 bridgehead atoms. The van der Waals surface area contributed by atoms with Gasteiger partial charge in [0, 0.05) is 23.9 Å². The van der Waals surface area contributed by atoms with E-state index in [1.807, 2.05) is 6.07 Å². The molecule has 4 aromatic rings. The highest BCUT2D eigenvalue weighted by molar-refractivity contribution is 5.65. The van der Waals surface area contributed by atoms with Crippen LogP contribution in [0.2, 0.25) is 0 Å². The van der Waals surface area contributed by atoms with Crippen LogP contribution in [-0.4, -0.2) is 9.55 Å². The highest BCUT2D eigenvalue weighted by Crippen LogP contribution is 2.26. The Bertz CT molecular complexity index is 995. The van der Waals surface area contributed by atoms with Gasteiger partial charge in [0.1, 0.15) is 5.82 Å². The normalized spacial score (nSPS) is 10.8. The summed E-state index contributed by atoms with van der Waals surface area (Å²) in [6.07, 6.45) is 2.16. The molecule has 128 valence electrons. The second kappa shape index (κ2) is 7.01. The molecule has 0 atom stereocenters. The van der Waals surface area contributed by atoms with E-state index >= 15 is 0 Å². The van der Waals surface area contributed by atoms with Crippen molar-refractivity contribution in [1.29, 1.82) is 0 Å². The highest BCUT2D eigenvalue weighted by atomic mass is 15.1. The average Bonchev–Trinajstić information content (AvgIpc) is 3.09. The molecule has 0 saturated heterocycles. The Balaban J connectivity index is 1.78. The Kier molecular flexibility index (Phi) is 4.40. The van der Waals surface area contributed by atoms with E-state index in [-0.39, 0.29) is 0 Å². The summed E-state index contributed by atoms with van der Waals surface area (Å²) in [6, 6.07) is 27.7. The van der Waals surface area contributed by atoms with Crippen LogP contribution in [0.1, 0.15) is 16.7 Å². The Labute approximate surface area is 154 Å². The minimum atomic E-state index is 0.809. The summed E-state index contributed by atoms with van der Waals surface area (Å²) >= 11 is 0. The van der Waals surface area contributed by atoms with E-state index in [0.717, 1.165) is 29.2 Å². The van der Waals surface area contributed by atoms with Gasteiger partial charge in [-0.05, 0) is 19.4 Å². The maximum atomic E-state index is 4.96. The molecule has 3 aromatic carbocycles. The number of benzene rings is 3. The second-order valence-electron chi connectivity index (χ2n) is 6.80. The van der Waals surface area contributed by atoms with Crippen LogP contribution in [0.5, 0.6) is 0 Å². The molecular weight excluding hydrogens is 316 g/mol. The molecule has 2 heteroatoms. The smallest absolute Gasteiger partial charge is 0.140 e. The number of aryl methyl sites for hydroxylation is 2. The molecule has 4 rings (SSSR count). The first-order valence-corrected chi connectivity index (χ1v) is 8.94. The molecule has 1 aromatic heterocycles. The lowest BCUT2D eigenvalue weighted by molar-refractivity contribution is 0.807. The van der Waals surface area contributed by atoms with Crippen molar-refractivity contribution in [2.24, 2.45) is 0 Å². The molecule has 0 aliphatic heterocycles. The second-order valence-corrected chi connectivity index (χ2v) is 6.80. The van der Waals surface area contributed by atoms with Crippen LogP contribution in [0.4, 0.5) is 0 Å². The van der Waals surface area contributed by atoms with Gasteiger partial charge < -0.3 is 4.57 Å². The molecule has 0 aliphatic carbocycles. The van der Waals surface area contributed by atoms with E-state index in [9.17, 15) is 0 Å². The van der Waals surface area contributed by atoms with Crippen molar-refractivity contribution in [3.8, 4) is 22.6 Å². The van der Waals surface area contributed by atoms with Crippen LogP contribution >= 0.6 is 0 Å². The van der Waals surface area contributed by atoms with Crippen LogP contribution < -0.4 is 0 Å². The molecule has 0 amide bonds. The van der Waals surface area contributed by atoms with Crippen LogP contribution in [0.25, 0.3) is 22.6 Å². The first-order valence-electron chi connectivity index (χ1n) is 8.94. The maximum Gasteiger partial charge on any atom is 0.140 e. The van der Waals surface area contributed by atoms with Crippen molar-refractivity contribution < 1.29 is 0 Å². The molecule has 26 heavy (non-hydrogen) atoms. The third-order valence-electron chi connectivity index (χ3n) is 4.63. The van der Waals surface area contributed by atoms with Gasteiger partial charge in [-0.3, -0.25) is 0 Å². The zero-order valence-electron chi connectivity index (χ0n) is 15.2. The summed E-state index contributed by atoms with van der Waals surface area (Å²) in [7, 11) is 0. The Morgan fingerprint density at radius 3 is 1.96 bits per heavy atom. The highest BCUT2D eigenvalue weighted by Gasteiger charge is 2.12. The molecule has 0 saturated carbocycles. The fourth-order valence-corrected chi connectivity index (χ4v) is 3.11. The van der Waals surface area contributed by atoms with Crippen LogP contribution in [0, 0.1) is 13.8 Å². The largest absolute Gasteiger partial charge is 0.326 e. The standard InChI is InChI=1S/C24H22N2/c1-18-8-12-20(13-9-18)16-26-17-23(21-6-4-3-5-7-21)25-24(26)22-14-10-19(2)11-15-22/h3-15,17H,16H2,1-2H3. The summed E-state index contributed by atoms with van der Waals surface area (Å²) in [5.74, 6) is 1.00. The first-order chi connectivity index (χ1) is 12.7. The van der Waals surface area contributed by atoms with E-state index in [2.05, 4.69) is 97.4 Å². The Morgan fingerprint density at radius 1 is 0.692 bits per heavy atom. The number of rotatable bonds is 4. The number of imidazole rings is 1. The monoisotopic (exact) mass is 338 g/mol. The topological polar surface area (TPSA) is 17.8 Å². The lowest BCUT2D eigenvalue weighted by atomic mass is 10.1. The molecular formula is C24H22N2. The SMILES string of the molecule is Cc1ccc(Cn2cc(-c3ccccc3)nc2-c2ccc(C)cc2)cc1. The van der Waals surface area contributed by atoms with E-state index in [4.69, 9.17) is 4.98 Å². The molecule has 0 fully saturated rings. The van der Waals surface area contributed by atoms with Crippen LogP contribution in [0.3, 0.4) is 0 Å². The first kappa shape index (κ1) is 16.3. The average molecular weight is 338 g/mol. The lowest BCUT2D eigenvalue weighted by Crippen LogP contribution is -2.01. The van der Waals surface area contributed by atoms with Gasteiger partial charge in [-0.2, -0.15) is 0 Å². The Hall–Kier alpha value is -3.13. The molecule has 0 unspecified atom stereocenters. The molecule has 0 aliphatic rings. The lowest BCUT2D eigenvalue weighted by Gasteiger charge is -2.08. The fraction of sp³-hybridized carbons (Fsp3) is 0.125. The van der Waals surface area contributed by atoms with E-state index in [0.29, 0.717) is 0 Å². The Morgan fingerprint density at radius 2 is 1.31 bits per heavy atom. The van der Waals surface area contributed by atoms with Crippen molar-refractivity contribution in [3.63, 3.8) is 0 Å². The maximum absolute atomic E-state index is 4.96. The zero-order valence-corrected chi connectivity index (χ0v) is 15.2. The van der Waals surface area contributed by atoms with Gasteiger partial charge in [0.2, 0.25) is 0 Å². The quantitative estimate of drug-likeness (QED) is 0.454. The molecule has 0 radical (unpaired) electrons. The number of hydrogen-bond donors (Lipinski definition) is 0. The van der Waals surface area contributed by atoms with Gasteiger partial charge in [-0.1, -0.05) is 90.0 Å². The van der Waals surface area contributed by atoms with E-state index < -0.39 is 0 Å². The molecule has 2 nitrogen and oxygen atoms in total. The van der Waals surface area contributed by atoms with Crippen LogP contribution in [0.15, 0.2) is 85.1 Å². The summed E-state index contributed by atoms with van der Waals surface area (Å²) in [6.45, 7) is 5.04. The predicted molar refractivity (Wildman–Crippen MR) is 108 cm³/mol. The van der Waals surface area contributed by atoms with Crippen molar-refractivity contribution >= 4 is 0 Å². The van der Waals surface area contributed by atoms with Crippen molar-refractivity contribution in [2.45, 2.75) is 20.4 Å². The molecule has 0 spiro atoms. The van der Waals surface area contributed by atoms with Crippen molar-refractivity contribution in [1.82, 2.24) is 9.55 Å². The van der Waals surface area contributed by atoms with Gasteiger partial charge in [-0.25, -0.2) is 4.98 Å². The number of aromatic nitrogens is 2. The van der Waals surface area contributed by atoms with Gasteiger partial charge in [0.05, 0.1) is 5.69 Å². The van der Waals surface area contributed by atoms with Crippen molar-refractivity contribution in [2.75, 3.05) is 0 Å². The van der Waals surface area contributed by atoms with Gasteiger partial charge in [0.15, 0.2) is 0 Å². The summed E-state index contributed by atoms with van der Waals surface area (Å²) in [4.78, 5) is 4.96. The third kappa shape index (κ3) is 3.45. The van der Waals surface area contributed by atoms with Gasteiger partial charge in [0.25, 0.3) is 0 Å². The number of hydrogen-bond acceptors (Lipinski definition) is 1. The predicted octanol–water partition coefficient (Wildman–Crippen LogP) is 5.88. The summed E-state index contributed by atoms with van der Waals surface area (Å²) in [5, 5.41) is 0. The van der Waals surface area contributed by atoms with E-state index in [1.54, 1.807) is 0 Å². The summed E-state index contributed by atoms with van der Waals surface area (Å²) < 4.78 is 2.25. The summed E-state index contributed by atoms with van der Waals surface area (Å²) in [5.41, 5.74) is 7.11. The van der Waals surface area contributed by atoms with E-state index in [1.165, 1.54) is 16.7 Å². The van der Waals surface area contributed by atoms with Gasteiger partial charge in [-0.15, -0.1) is 0 Å². The minimum absolute atomic E-state index is 0.809. The van der Waals surface area contributed by atoms with Crippen molar-refractivity contribution in [3.05, 3.63) is 102 Å². The molecule has 0 N–H and O–H groups in total. The fourth-order valence-electron chi connectivity index (χ4n) is 3.11. The minimum Gasteiger partial charge on any atom is -0.326 e. The number of nitrogens with zero attached hydrogens (tertiary/aromatic N) is 2. The third-order valence-corrected chi connectivity index (χ3v) is 4.63. The van der Waals surface area contributed by atoms with Gasteiger partial charge >= 0.3 is 0 Å². The molecule has 1 heterocycles.